The number of benzene rings is 1. The van der Waals surface area contributed by atoms with Gasteiger partial charge in [-0.15, -0.1) is 21.5 Å². The van der Waals surface area contributed by atoms with Crippen molar-refractivity contribution in [2.24, 2.45) is 5.92 Å². The molecular formula is C22H16F6N6S. The molecule has 0 unspecified atom stereocenters. The third kappa shape index (κ3) is 3.72. The van der Waals surface area contributed by atoms with Crippen LogP contribution >= 0.6 is 11.3 Å². The molecule has 1 saturated carbocycles. The first kappa shape index (κ1) is 22.3. The fourth-order valence-corrected chi connectivity index (χ4v) is 5.91. The van der Waals surface area contributed by atoms with Crippen LogP contribution in [0.5, 0.6) is 0 Å². The zero-order valence-corrected chi connectivity index (χ0v) is 18.6. The highest BCUT2D eigenvalue weighted by molar-refractivity contribution is 7.16. The van der Waals surface area contributed by atoms with Gasteiger partial charge in [-0.3, -0.25) is 4.57 Å². The summed E-state index contributed by atoms with van der Waals surface area (Å²) >= 11 is 1.48. The Morgan fingerprint density at radius 3 is 2.57 bits per heavy atom. The van der Waals surface area contributed by atoms with Crippen LogP contribution in [0, 0.1) is 5.92 Å². The van der Waals surface area contributed by atoms with Crippen LogP contribution in [0.1, 0.15) is 42.4 Å². The van der Waals surface area contributed by atoms with E-state index >= 15 is 0 Å². The number of fused-ring (bicyclic) bond motifs is 3. The standard InChI is InChI=1S/C22H16F6N6S/c23-21(24,25)12-6-17(22(26,27)28)31-18(7-12)34-14-2-1-11(5-14)19(34)20-32-30-9-33(20)13-3-4-16-15(8-13)29-10-35-16/h3-4,6-11,14,19H,1-2,5H2/t11-,14+,19-/m0/s1. The largest absolute Gasteiger partial charge is 0.433 e. The normalized spacial score (nSPS) is 22.5. The van der Waals surface area contributed by atoms with Gasteiger partial charge in [-0.25, -0.2) is 9.97 Å². The number of nitrogens with zero attached hydrogens (tertiary/aromatic N) is 6. The van der Waals surface area contributed by atoms with Crippen LogP contribution in [0.2, 0.25) is 0 Å². The van der Waals surface area contributed by atoms with Crippen molar-refractivity contribution in [3.63, 3.8) is 0 Å². The average molecular weight is 510 g/mol. The number of hydrogen-bond acceptors (Lipinski definition) is 6. The molecular weight excluding hydrogens is 494 g/mol. The average Bonchev–Trinajstić information content (AvgIpc) is 3.60. The van der Waals surface area contributed by atoms with E-state index in [0.717, 1.165) is 16.6 Å². The summed E-state index contributed by atoms with van der Waals surface area (Å²) in [7, 11) is 0. The van der Waals surface area contributed by atoms with Crippen LogP contribution in [0.4, 0.5) is 32.2 Å². The minimum Gasteiger partial charge on any atom is -0.343 e. The van der Waals surface area contributed by atoms with Crippen molar-refractivity contribution in [1.82, 2.24) is 24.7 Å². The van der Waals surface area contributed by atoms with Crippen LogP contribution in [-0.4, -0.2) is 30.8 Å². The monoisotopic (exact) mass is 510 g/mol. The number of piperidine rings is 1. The lowest BCUT2D eigenvalue weighted by molar-refractivity contribution is -0.145. The highest BCUT2D eigenvalue weighted by atomic mass is 32.1. The summed E-state index contributed by atoms with van der Waals surface area (Å²) in [6.45, 7) is 0. The second-order valence-corrected chi connectivity index (χ2v) is 9.62. The molecule has 1 aliphatic heterocycles. The summed E-state index contributed by atoms with van der Waals surface area (Å²) in [5.74, 6) is 0.0880. The number of pyridine rings is 1. The molecule has 2 fully saturated rings. The molecule has 2 aliphatic rings. The van der Waals surface area contributed by atoms with Crippen LogP contribution in [0.15, 0.2) is 42.2 Å². The number of halogens is 6. The van der Waals surface area contributed by atoms with E-state index in [1.165, 1.54) is 17.7 Å². The smallest absolute Gasteiger partial charge is 0.343 e. The van der Waals surface area contributed by atoms with Gasteiger partial charge in [0.05, 0.1) is 33.0 Å². The molecule has 0 spiro atoms. The molecule has 3 atom stereocenters. The van der Waals surface area contributed by atoms with Gasteiger partial charge in [0.15, 0.2) is 5.82 Å². The Balaban J connectivity index is 1.47. The third-order valence-electron chi connectivity index (χ3n) is 6.71. The lowest BCUT2D eigenvalue weighted by Crippen LogP contribution is -2.37. The molecule has 1 aromatic carbocycles. The van der Waals surface area contributed by atoms with Gasteiger partial charge in [0.25, 0.3) is 0 Å². The lowest BCUT2D eigenvalue weighted by Gasteiger charge is -2.36. The number of thiazole rings is 1. The molecule has 182 valence electrons. The maximum absolute atomic E-state index is 13.5. The Morgan fingerprint density at radius 1 is 0.971 bits per heavy atom. The van der Waals surface area contributed by atoms with Gasteiger partial charge in [0, 0.05) is 6.04 Å². The van der Waals surface area contributed by atoms with Crippen LogP contribution in [0.25, 0.3) is 15.9 Å². The van der Waals surface area contributed by atoms with E-state index in [-0.39, 0.29) is 23.8 Å². The maximum Gasteiger partial charge on any atom is 0.433 e. The first-order chi connectivity index (χ1) is 16.6. The van der Waals surface area contributed by atoms with Crippen molar-refractivity contribution in [2.75, 3.05) is 4.90 Å². The van der Waals surface area contributed by atoms with Crippen LogP contribution < -0.4 is 4.90 Å². The second-order valence-electron chi connectivity index (χ2n) is 8.74. The number of alkyl halides is 6. The van der Waals surface area contributed by atoms with Gasteiger partial charge < -0.3 is 4.90 Å². The van der Waals surface area contributed by atoms with E-state index in [9.17, 15) is 26.3 Å². The Labute approximate surface area is 198 Å². The van der Waals surface area contributed by atoms with Gasteiger partial charge in [0.1, 0.15) is 17.8 Å². The Kier molecular flexibility index (Phi) is 4.86. The number of hydrogen-bond donors (Lipinski definition) is 0. The third-order valence-corrected chi connectivity index (χ3v) is 7.52. The van der Waals surface area contributed by atoms with Gasteiger partial charge in [-0.05, 0) is 55.5 Å². The van der Waals surface area contributed by atoms with Crippen molar-refractivity contribution in [3.05, 3.63) is 59.3 Å². The fourth-order valence-electron chi connectivity index (χ4n) is 5.25. The molecule has 4 heterocycles. The minimum atomic E-state index is -5.02. The maximum atomic E-state index is 13.5. The Bertz CT molecular complexity index is 1380. The van der Waals surface area contributed by atoms with E-state index in [1.807, 2.05) is 18.2 Å². The lowest BCUT2D eigenvalue weighted by atomic mass is 9.97. The summed E-state index contributed by atoms with van der Waals surface area (Å²) in [6, 6.07) is 5.54. The molecule has 35 heavy (non-hydrogen) atoms. The number of aromatic nitrogens is 5. The van der Waals surface area contributed by atoms with Crippen molar-refractivity contribution in [3.8, 4) is 5.69 Å². The highest BCUT2D eigenvalue weighted by Crippen LogP contribution is 2.52. The fraction of sp³-hybridized carbons (Fsp3) is 0.364. The summed E-state index contributed by atoms with van der Waals surface area (Å²) in [5.41, 5.74) is 0.244. The van der Waals surface area contributed by atoms with Gasteiger partial charge in [-0.2, -0.15) is 26.3 Å². The molecule has 2 bridgehead atoms. The van der Waals surface area contributed by atoms with Crippen molar-refractivity contribution in [1.29, 1.82) is 0 Å². The van der Waals surface area contributed by atoms with E-state index < -0.39 is 29.7 Å². The Morgan fingerprint density at radius 2 is 1.80 bits per heavy atom. The van der Waals surface area contributed by atoms with Crippen molar-refractivity contribution < 1.29 is 26.3 Å². The summed E-state index contributed by atoms with van der Waals surface area (Å²) in [5, 5.41) is 8.28. The highest BCUT2D eigenvalue weighted by Gasteiger charge is 2.50. The van der Waals surface area contributed by atoms with Gasteiger partial charge in [0.2, 0.25) is 0 Å². The molecule has 0 amide bonds. The van der Waals surface area contributed by atoms with E-state index in [2.05, 4.69) is 20.2 Å². The van der Waals surface area contributed by atoms with Crippen molar-refractivity contribution >= 4 is 27.4 Å². The molecule has 6 nitrogen and oxygen atoms in total. The quantitative estimate of drug-likeness (QED) is 0.315. The number of rotatable bonds is 3. The molecule has 1 saturated heterocycles. The molecule has 13 heteroatoms. The predicted molar refractivity (Wildman–Crippen MR) is 115 cm³/mol. The summed E-state index contributed by atoms with van der Waals surface area (Å²) in [6.07, 6.45) is -6.41. The van der Waals surface area contributed by atoms with Crippen LogP contribution in [-0.2, 0) is 12.4 Å². The topological polar surface area (TPSA) is 59.7 Å². The molecule has 3 aromatic heterocycles. The van der Waals surface area contributed by atoms with E-state index in [1.54, 1.807) is 15.0 Å². The van der Waals surface area contributed by atoms with Crippen molar-refractivity contribution in [2.45, 2.75) is 43.7 Å². The predicted octanol–water partition coefficient (Wildman–Crippen LogP) is 6.04. The Hall–Kier alpha value is -3.22. The molecule has 6 rings (SSSR count). The zero-order valence-electron chi connectivity index (χ0n) is 17.8. The first-order valence-corrected chi connectivity index (χ1v) is 11.7. The summed E-state index contributed by atoms with van der Waals surface area (Å²) < 4.78 is 83.7. The van der Waals surface area contributed by atoms with E-state index in [0.29, 0.717) is 30.4 Å². The molecule has 4 aromatic rings. The van der Waals surface area contributed by atoms with Gasteiger partial charge >= 0.3 is 12.4 Å². The minimum absolute atomic E-state index is 0.00312. The zero-order chi connectivity index (χ0) is 24.5. The number of anilines is 1. The second kappa shape index (κ2) is 7.64. The molecule has 1 aliphatic carbocycles. The summed E-state index contributed by atoms with van der Waals surface area (Å²) in [4.78, 5) is 9.53. The molecule has 0 radical (unpaired) electrons. The first-order valence-electron chi connectivity index (χ1n) is 10.8. The SMILES string of the molecule is FC(F)(F)c1cc(N2[C@@H]3CC[C@@H](C3)[C@H]2c2nncn2-c2ccc3scnc3c2)nc(C(F)(F)F)c1. The van der Waals surface area contributed by atoms with Gasteiger partial charge in [-0.1, -0.05) is 0 Å². The van der Waals surface area contributed by atoms with E-state index in [4.69, 9.17) is 0 Å². The molecule has 0 N–H and O–H groups in total. The van der Waals surface area contributed by atoms with Crippen LogP contribution in [0.3, 0.4) is 0 Å².